The Morgan fingerprint density at radius 1 is 1.24 bits per heavy atom. The molecule has 0 radical (unpaired) electrons. The Hall–Kier alpha value is -2.46. The highest BCUT2D eigenvalue weighted by atomic mass is 35.5. The number of halogens is 1. The van der Waals surface area contributed by atoms with Gasteiger partial charge < -0.3 is 14.4 Å². The zero-order valence-electron chi connectivity index (χ0n) is 18.5. The molecule has 2 atom stereocenters. The molecular formula is C23H27ClN2O6S. The van der Waals surface area contributed by atoms with Gasteiger partial charge >= 0.3 is 5.97 Å². The summed E-state index contributed by atoms with van der Waals surface area (Å²) in [6.07, 6.45) is 0.408. The zero-order valence-corrected chi connectivity index (χ0v) is 20.1. The molecule has 178 valence electrons. The minimum Gasteiger partial charge on any atom is -0.449 e. The topological polar surface area (TPSA) is 102 Å². The van der Waals surface area contributed by atoms with Crippen LogP contribution in [-0.2, 0) is 30.8 Å². The van der Waals surface area contributed by atoms with Crippen molar-refractivity contribution < 1.29 is 27.5 Å². The summed E-state index contributed by atoms with van der Waals surface area (Å²) in [5.74, 6) is -1.21. The summed E-state index contributed by atoms with van der Waals surface area (Å²) in [5.41, 5.74) is 0.914. The summed E-state index contributed by atoms with van der Waals surface area (Å²) in [5, 5.41) is -0.0295. The van der Waals surface area contributed by atoms with E-state index >= 15 is 0 Å². The van der Waals surface area contributed by atoms with Gasteiger partial charge in [0.15, 0.2) is 6.10 Å². The Kier molecular flexibility index (Phi) is 8.47. The van der Waals surface area contributed by atoms with E-state index in [1.54, 1.807) is 7.05 Å². The van der Waals surface area contributed by atoms with Gasteiger partial charge in [-0.05, 0) is 43.5 Å². The number of sulfonamides is 1. The number of nitrogens with zero attached hydrogens (tertiary/aromatic N) is 1. The summed E-state index contributed by atoms with van der Waals surface area (Å²) in [6.45, 7) is 2.55. The van der Waals surface area contributed by atoms with Crippen LogP contribution in [0, 0.1) is 0 Å². The van der Waals surface area contributed by atoms with Gasteiger partial charge in [0.1, 0.15) is 4.90 Å². The highest BCUT2D eigenvalue weighted by Crippen LogP contribution is 2.24. The summed E-state index contributed by atoms with van der Waals surface area (Å²) < 4.78 is 38.6. The van der Waals surface area contributed by atoms with E-state index < -0.39 is 22.1 Å². The Balaban J connectivity index is 1.65. The number of nitrogens with one attached hydrogen (secondary N) is 1. The highest BCUT2D eigenvalue weighted by molar-refractivity contribution is 7.89. The third-order valence-corrected chi connectivity index (χ3v) is 7.16. The van der Waals surface area contributed by atoms with E-state index in [4.69, 9.17) is 21.1 Å². The summed E-state index contributed by atoms with van der Waals surface area (Å²) >= 11 is 6.09. The second-order valence-electron chi connectivity index (χ2n) is 7.86. The molecule has 0 aliphatic carbocycles. The van der Waals surface area contributed by atoms with Crippen molar-refractivity contribution in [1.29, 1.82) is 0 Å². The number of hydrogen-bond acceptors (Lipinski definition) is 6. The molecule has 1 saturated heterocycles. The van der Waals surface area contributed by atoms with Gasteiger partial charge in [-0.3, -0.25) is 4.79 Å². The van der Waals surface area contributed by atoms with Crippen molar-refractivity contribution in [3.8, 4) is 0 Å². The molecule has 1 heterocycles. The fourth-order valence-corrected chi connectivity index (χ4v) is 5.04. The Morgan fingerprint density at radius 3 is 2.64 bits per heavy atom. The van der Waals surface area contributed by atoms with Crippen LogP contribution in [0.3, 0.4) is 0 Å². The van der Waals surface area contributed by atoms with Crippen molar-refractivity contribution in [1.82, 2.24) is 9.62 Å². The normalized spacial score (nSPS) is 16.9. The van der Waals surface area contributed by atoms with E-state index in [1.807, 2.05) is 30.3 Å². The van der Waals surface area contributed by atoms with Crippen LogP contribution in [0.2, 0.25) is 5.02 Å². The van der Waals surface area contributed by atoms with Crippen molar-refractivity contribution in [2.45, 2.75) is 43.4 Å². The summed E-state index contributed by atoms with van der Waals surface area (Å²) in [4.78, 5) is 26.5. The molecule has 10 heteroatoms. The number of esters is 1. The smallest absolute Gasteiger partial charge is 0.338 e. The number of ether oxygens (including phenoxy) is 2. The van der Waals surface area contributed by atoms with E-state index in [0.717, 1.165) is 24.5 Å². The quantitative estimate of drug-likeness (QED) is 0.538. The van der Waals surface area contributed by atoms with Crippen molar-refractivity contribution in [3.05, 3.63) is 64.7 Å². The van der Waals surface area contributed by atoms with Crippen LogP contribution >= 0.6 is 11.6 Å². The number of rotatable bonds is 9. The van der Waals surface area contributed by atoms with E-state index in [9.17, 15) is 18.0 Å². The largest absolute Gasteiger partial charge is 0.449 e. The second-order valence-corrected chi connectivity index (χ2v) is 10.0. The Labute approximate surface area is 198 Å². The van der Waals surface area contributed by atoms with Crippen molar-refractivity contribution in [3.63, 3.8) is 0 Å². The number of likely N-dealkylation sites (N-methyl/N-ethyl adjacent to an activating group) is 1. The van der Waals surface area contributed by atoms with Crippen LogP contribution in [0.15, 0.2) is 53.4 Å². The maximum absolute atomic E-state index is 12.7. The van der Waals surface area contributed by atoms with Gasteiger partial charge in [-0.15, -0.1) is 0 Å². The maximum Gasteiger partial charge on any atom is 0.338 e. The molecule has 1 N–H and O–H groups in total. The van der Waals surface area contributed by atoms with E-state index in [0.29, 0.717) is 13.2 Å². The van der Waals surface area contributed by atoms with Gasteiger partial charge in [-0.1, -0.05) is 41.9 Å². The van der Waals surface area contributed by atoms with E-state index in [2.05, 4.69) is 4.72 Å². The predicted molar refractivity (Wildman–Crippen MR) is 123 cm³/mol. The molecule has 2 unspecified atom stereocenters. The molecule has 0 spiro atoms. The summed E-state index contributed by atoms with van der Waals surface area (Å²) in [7, 11) is -2.35. The fourth-order valence-electron chi connectivity index (χ4n) is 3.45. The first kappa shape index (κ1) is 25.2. The van der Waals surface area contributed by atoms with Crippen LogP contribution < -0.4 is 4.72 Å². The predicted octanol–water partition coefficient (Wildman–Crippen LogP) is 3.00. The molecule has 1 aliphatic rings. The first-order chi connectivity index (χ1) is 15.7. The van der Waals surface area contributed by atoms with E-state index in [-0.39, 0.29) is 34.0 Å². The van der Waals surface area contributed by atoms with Crippen LogP contribution in [-0.4, -0.2) is 57.6 Å². The minimum atomic E-state index is -3.97. The molecule has 0 saturated carbocycles. The molecule has 2 aromatic rings. The monoisotopic (exact) mass is 494 g/mol. The van der Waals surface area contributed by atoms with Crippen LogP contribution in [0.25, 0.3) is 0 Å². The zero-order chi connectivity index (χ0) is 24.0. The van der Waals surface area contributed by atoms with Gasteiger partial charge in [0, 0.05) is 26.7 Å². The van der Waals surface area contributed by atoms with Gasteiger partial charge in [-0.25, -0.2) is 17.9 Å². The molecule has 8 nitrogen and oxygen atoms in total. The van der Waals surface area contributed by atoms with E-state index in [1.165, 1.54) is 24.0 Å². The van der Waals surface area contributed by atoms with Gasteiger partial charge in [0.05, 0.1) is 16.7 Å². The lowest BCUT2D eigenvalue weighted by Crippen LogP contribution is -2.37. The van der Waals surface area contributed by atoms with Crippen LogP contribution in [0.1, 0.15) is 35.7 Å². The fraction of sp³-hybridized carbons (Fsp3) is 0.391. The average molecular weight is 495 g/mol. The first-order valence-electron chi connectivity index (χ1n) is 10.6. The third kappa shape index (κ3) is 6.77. The lowest BCUT2D eigenvalue weighted by Gasteiger charge is -2.21. The average Bonchev–Trinajstić information content (AvgIpc) is 3.32. The van der Waals surface area contributed by atoms with Crippen LogP contribution in [0.4, 0.5) is 0 Å². The van der Waals surface area contributed by atoms with Crippen molar-refractivity contribution in [2.75, 3.05) is 20.2 Å². The lowest BCUT2D eigenvalue weighted by atomic mass is 10.2. The highest BCUT2D eigenvalue weighted by Gasteiger charge is 2.26. The summed E-state index contributed by atoms with van der Waals surface area (Å²) in [6, 6.07) is 13.2. The van der Waals surface area contributed by atoms with Crippen molar-refractivity contribution >= 4 is 33.5 Å². The molecule has 2 aromatic carbocycles. The third-order valence-electron chi connectivity index (χ3n) is 5.25. The molecule has 1 aliphatic heterocycles. The number of carbonyl (C=O) groups is 2. The SMILES string of the molecule is CC(OC(=O)c1ccc(Cl)c(S(=O)(=O)NCC2CCCO2)c1)C(=O)N(C)Cc1ccccc1. The van der Waals surface area contributed by atoms with Crippen molar-refractivity contribution in [2.24, 2.45) is 0 Å². The van der Waals surface area contributed by atoms with Gasteiger partial charge in [-0.2, -0.15) is 0 Å². The number of hydrogen-bond donors (Lipinski definition) is 1. The molecule has 0 bridgehead atoms. The van der Waals surface area contributed by atoms with Gasteiger partial charge in [0.2, 0.25) is 10.0 Å². The maximum atomic E-state index is 12.7. The standard InChI is InChI=1S/C23H27ClN2O6S/c1-16(22(27)26(2)15-17-7-4-3-5-8-17)32-23(28)18-10-11-20(24)21(13-18)33(29,30)25-14-19-9-6-12-31-19/h3-5,7-8,10-11,13,16,19,25H,6,9,12,14-15H2,1-2H3. The Bertz CT molecular complexity index is 1090. The number of amides is 1. The Morgan fingerprint density at radius 2 is 1.97 bits per heavy atom. The molecule has 33 heavy (non-hydrogen) atoms. The molecular weight excluding hydrogens is 468 g/mol. The second kappa shape index (κ2) is 11.1. The molecule has 0 aromatic heterocycles. The first-order valence-corrected chi connectivity index (χ1v) is 12.4. The molecule has 1 fully saturated rings. The molecule has 1 amide bonds. The number of carbonyl (C=O) groups excluding carboxylic acids is 2. The van der Waals surface area contributed by atoms with Crippen LogP contribution in [0.5, 0.6) is 0 Å². The number of benzene rings is 2. The minimum absolute atomic E-state index is 0.0257. The van der Waals surface area contributed by atoms with Gasteiger partial charge in [0.25, 0.3) is 5.91 Å². The lowest BCUT2D eigenvalue weighted by molar-refractivity contribution is -0.139. The molecule has 3 rings (SSSR count).